The Morgan fingerprint density at radius 3 is 2.47 bits per heavy atom. The van der Waals surface area contributed by atoms with Gasteiger partial charge in [0.25, 0.3) is 0 Å². The zero-order valence-corrected chi connectivity index (χ0v) is 21.0. The number of ether oxygens (including phenoxy) is 2. The van der Waals surface area contributed by atoms with Gasteiger partial charge in [-0.3, -0.25) is 5.10 Å². The number of anilines is 2. The van der Waals surface area contributed by atoms with Crippen molar-refractivity contribution >= 4 is 11.8 Å². The number of nitrogens with one attached hydrogen (secondary N) is 2. The molecule has 0 aliphatic carbocycles. The summed E-state index contributed by atoms with van der Waals surface area (Å²) in [5.41, 5.74) is 10.4. The van der Waals surface area contributed by atoms with Crippen molar-refractivity contribution in [3.8, 4) is 33.9 Å². The van der Waals surface area contributed by atoms with Crippen LogP contribution in [0.25, 0.3) is 22.4 Å². The standard InChI is InChI=1S/C27H33N7O2/c1-4-34(5-2)14-15-36-22-12-10-19(11-13-22)25-24(21-17-30-31-18-21)26(33-27(28)32-25)29-16-20-8-6-7-9-23(20)35-3/h6-13,17-18H,4-5,14-16H2,1-3H3,(H,30,31)(H3,28,29,32,33). The van der Waals surface area contributed by atoms with Gasteiger partial charge in [0.15, 0.2) is 0 Å². The van der Waals surface area contributed by atoms with Gasteiger partial charge in [0.2, 0.25) is 5.95 Å². The number of rotatable bonds is 12. The molecule has 0 radical (unpaired) electrons. The molecule has 0 saturated carbocycles. The number of nitrogens with two attached hydrogens (primary N) is 1. The van der Waals surface area contributed by atoms with E-state index in [1.54, 1.807) is 13.3 Å². The summed E-state index contributed by atoms with van der Waals surface area (Å²) in [6, 6.07) is 15.7. The molecule has 0 aliphatic heterocycles. The maximum Gasteiger partial charge on any atom is 0.222 e. The maximum absolute atomic E-state index is 6.15. The van der Waals surface area contributed by atoms with Crippen LogP contribution in [0.2, 0.25) is 0 Å². The molecule has 0 bridgehead atoms. The number of aromatic amines is 1. The summed E-state index contributed by atoms with van der Waals surface area (Å²) in [6.07, 6.45) is 3.56. The fourth-order valence-electron chi connectivity index (χ4n) is 4.05. The van der Waals surface area contributed by atoms with E-state index in [-0.39, 0.29) is 5.95 Å². The van der Waals surface area contributed by atoms with Crippen LogP contribution in [0.1, 0.15) is 19.4 Å². The molecule has 0 aliphatic rings. The van der Waals surface area contributed by atoms with Crippen LogP contribution in [0, 0.1) is 0 Å². The Morgan fingerprint density at radius 1 is 1.00 bits per heavy atom. The van der Waals surface area contributed by atoms with Gasteiger partial charge in [-0.1, -0.05) is 32.0 Å². The highest BCUT2D eigenvalue weighted by Crippen LogP contribution is 2.37. The zero-order valence-electron chi connectivity index (χ0n) is 21.0. The van der Waals surface area contributed by atoms with Crippen LogP contribution in [0.5, 0.6) is 11.5 Å². The van der Waals surface area contributed by atoms with Crippen LogP contribution in [0.4, 0.5) is 11.8 Å². The fourth-order valence-corrected chi connectivity index (χ4v) is 4.05. The second kappa shape index (κ2) is 12.0. The van der Waals surface area contributed by atoms with E-state index < -0.39 is 0 Å². The van der Waals surface area contributed by atoms with Crippen molar-refractivity contribution in [3.63, 3.8) is 0 Å². The summed E-state index contributed by atoms with van der Waals surface area (Å²) < 4.78 is 11.4. The average molecular weight is 488 g/mol. The highest BCUT2D eigenvalue weighted by Gasteiger charge is 2.18. The lowest BCUT2D eigenvalue weighted by Crippen LogP contribution is -2.27. The molecule has 4 aromatic rings. The molecule has 4 rings (SSSR count). The average Bonchev–Trinajstić information content (AvgIpc) is 3.44. The number of hydrogen-bond acceptors (Lipinski definition) is 8. The van der Waals surface area contributed by atoms with E-state index in [1.165, 1.54) is 0 Å². The van der Waals surface area contributed by atoms with Gasteiger partial charge >= 0.3 is 0 Å². The van der Waals surface area contributed by atoms with Gasteiger partial charge in [-0.2, -0.15) is 10.1 Å². The van der Waals surface area contributed by atoms with E-state index in [9.17, 15) is 0 Å². The SMILES string of the molecule is CCN(CC)CCOc1ccc(-c2nc(N)nc(NCc3ccccc3OC)c2-c2cn[nH]c2)cc1. The Balaban J connectivity index is 1.62. The Hall–Kier alpha value is -4.11. The molecule has 9 nitrogen and oxygen atoms in total. The van der Waals surface area contributed by atoms with Crippen LogP contribution in [-0.2, 0) is 6.54 Å². The maximum atomic E-state index is 6.15. The molecule has 0 spiro atoms. The molecule has 0 unspecified atom stereocenters. The normalized spacial score (nSPS) is 11.0. The van der Waals surface area contributed by atoms with Crippen molar-refractivity contribution in [3.05, 3.63) is 66.5 Å². The first-order valence-corrected chi connectivity index (χ1v) is 12.1. The van der Waals surface area contributed by atoms with Crippen molar-refractivity contribution in [1.29, 1.82) is 0 Å². The first-order chi connectivity index (χ1) is 17.6. The predicted molar refractivity (Wildman–Crippen MR) is 143 cm³/mol. The number of para-hydroxylation sites is 1. The lowest BCUT2D eigenvalue weighted by atomic mass is 10.0. The molecule has 188 valence electrons. The van der Waals surface area contributed by atoms with E-state index in [1.807, 2.05) is 54.7 Å². The van der Waals surface area contributed by atoms with Crippen molar-refractivity contribution in [2.45, 2.75) is 20.4 Å². The summed E-state index contributed by atoms with van der Waals surface area (Å²) in [7, 11) is 1.66. The summed E-state index contributed by atoms with van der Waals surface area (Å²) in [5.74, 6) is 2.41. The monoisotopic (exact) mass is 487 g/mol. The van der Waals surface area contributed by atoms with E-state index in [4.69, 9.17) is 15.2 Å². The van der Waals surface area contributed by atoms with Gasteiger partial charge in [0, 0.05) is 36.0 Å². The topological polar surface area (TPSA) is 114 Å². The van der Waals surface area contributed by atoms with E-state index >= 15 is 0 Å². The fraction of sp³-hybridized carbons (Fsp3) is 0.296. The van der Waals surface area contributed by atoms with E-state index in [0.29, 0.717) is 24.7 Å². The largest absolute Gasteiger partial charge is 0.496 e. The number of benzene rings is 2. The Labute approximate surface area is 211 Å². The molecule has 2 aromatic heterocycles. The second-order valence-corrected chi connectivity index (χ2v) is 8.21. The van der Waals surface area contributed by atoms with Gasteiger partial charge in [0.1, 0.15) is 23.9 Å². The van der Waals surface area contributed by atoms with E-state index in [2.05, 4.69) is 44.2 Å². The van der Waals surface area contributed by atoms with Gasteiger partial charge in [-0.05, 0) is 43.4 Å². The molecule has 2 aromatic carbocycles. The van der Waals surface area contributed by atoms with Crippen molar-refractivity contribution in [2.75, 3.05) is 44.4 Å². The first kappa shape index (κ1) is 25.0. The highest BCUT2D eigenvalue weighted by atomic mass is 16.5. The molecule has 0 atom stereocenters. The Morgan fingerprint density at radius 2 is 1.78 bits per heavy atom. The van der Waals surface area contributed by atoms with Gasteiger partial charge in [-0.25, -0.2) is 4.98 Å². The van der Waals surface area contributed by atoms with Crippen molar-refractivity contribution < 1.29 is 9.47 Å². The van der Waals surface area contributed by atoms with Gasteiger partial charge in [-0.15, -0.1) is 0 Å². The number of nitrogen functional groups attached to an aromatic ring is 1. The summed E-state index contributed by atoms with van der Waals surface area (Å²) in [6.45, 7) is 8.37. The van der Waals surface area contributed by atoms with Crippen LogP contribution in [0.3, 0.4) is 0 Å². The Kier molecular flexibility index (Phi) is 8.36. The molecule has 36 heavy (non-hydrogen) atoms. The number of likely N-dealkylation sites (N-methyl/N-ethyl adjacent to an activating group) is 1. The third-order valence-electron chi connectivity index (χ3n) is 6.05. The predicted octanol–water partition coefficient (Wildman–Crippen LogP) is 4.46. The third kappa shape index (κ3) is 5.92. The van der Waals surface area contributed by atoms with Crippen molar-refractivity contribution in [1.82, 2.24) is 25.1 Å². The highest BCUT2D eigenvalue weighted by molar-refractivity contribution is 5.88. The minimum Gasteiger partial charge on any atom is -0.496 e. The minimum atomic E-state index is 0.180. The summed E-state index contributed by atoms with van der Waals surface area (Å²) >= 11 is 0. The number of nitrogens with zero attached hydrogens (tertiary/aromatic N) is 4. The van der Waals surface area contributed by atoms with Crippen LogP contribution >= 0.6 is 0 Å². The number of H-pyrrole nitrogens is 1. The molecule has 0 fully saturated rings. The minimum absolute atomic E-state index is 0.180. The molecule has 0 amide bonds. The third-order valence-corrected chi connectivity index (χ3v) is 6.05. The van der Waals surface area contributed by atoms with Crippen LogP contribution in [0.15, 0.2) is 60.9 Å². The van der Waals surface area contributed by atoms with E-state index in [0.717, 1.165) is 53.4 Å². The zero-order chi connectivity index (χ0) is 25.3. The lowest BCUT2D eigenvalue weighted by Gasteiger charge is -2.18. The molecule has 0 saturated heterocycles. The number of hydrogen-bond donors (Lipinski definition) is 3. The van der Waals surface area contributed by atoms with Crippen molar-refractivity contribution in [2.24, 2.45) is 0 Å². The second-order valence-electron chi connectivity index (χ2n) is 8.21. The summed E-state index contributed by atoms with van der Waals surface area (Å²) in [5, 5.41) is 10.4. The Bertz CT molecular complexity index is 1240. The van der Waals surface area contributed by atoms with Crippen LogP contribution < -0.4 is 20.5 Å². The molecular formula is C27H33N7O2. The van der Waals surface area contributed by atoms with Crippen LogP contribution in [-0.4, -0.2) is 58.4 Å². The summed E-state index contributed by atoms with van der Waals surface area (Å²) in [4.78, 5) is 11.4. The molecule has 4 N–H and O–H groups in total. The number of methoxy groups -OCH3 is 1. The van der Waals surface area contributed by atoms with Gasteiger partial charge in [0.05, 0.1) is 24.6 Å². The molecule has 9 heteroatoms. The first-order valence-electron chi connectivity index (χ1n) is 12.1. The number of aromatic nitrogens is 4. The van der Waals surface area contributed by atoms with Gasteiger partial charge < -0.3 is 25.4 Å². The smallest absolute Gasteiger partial charge is 0.222 e. The molecule has 2 heterocycles. The molecular weight excluding hydrogens is 454 g/mol. The lowest BCUT2D eigenvalue weighted by molar-refractivity contribution is 0.223. The quantitative estimate of drug-likeness (QED) is 0.268.